The van der Waals surface area contributed by atoms with E-state index >= 15 is 0 Å². The fourth-order valence-corrected chi connectivity index (χ4v) is 2.21. The first-order valence-corrected chi connectivity index (χ1v) is 7.76. The second kappa shape index (κ2) is 6.83. The van der Waals surface area contributed by atoms with Gasteiger partial charge in [-0.15, -0.1) is 0 Å². The first-order chi connectivity index (χ1) is 9.97. The Morgan fingerprint density at radius 2 is 1.95 bits per heavy atom. The summed E-state index contributed by atoms with van der Waals surface area (Å²) in [6, 6.07) is 6.93. The molecule has 112 valence electrons. The molecule has 1 aromatic heterocycles. The highest BCUT2D eigenvalue weighted by molar-refractivity contribution is 9.10. The predicted molar refractivity (Wildman–Crippen MR) is 86.3 cm³/mol. The number of nitrogens with zero attached hydrogens (tertiary/aromatic N) is 3. The van der Waals surface area contributed by atoms with E-state index in [4.69, 9.17) is 0 Å². The third-order valence-corrected chi connectivity index (χ3v) is 3.47. The van der Waals surface area contributed by atoms with Gasteiger partial charge in [-0.3, -0.25) is 4.21 Å². The molecule has 1 unspecified atom stereocenters. The van der Waals surface area contributed by atoms with E-state index in [0.717, 1.165) is 0 Å². The molecule has 0 spiro atoms. The Labute approximate surface area is 133 Å². The molecule has 0 saturated carbocycles. The van der Waals surface area contributed by atoms with Crippen LogP contribution in [0.25, 0.3) is 0 Å². The number of anilines is 4. The number of benzene rings is 1. The third kappa shape index (κ3) is 4.13. The van der Waals surface area contributed by atoms with Crippen LogP contribution in [0.15, 0.2) is 34.9 Å². The van der Waals surface area contributed by atoms with Gasteiger partial charge in [0.1, 0.15) is 5.82 Å². The zero-order valence-corrected chi connectivity index (χ0v) is 13.7. The number of halogens is 1. The summed E-state index contributed by atoms with van der Waals surface area (Å²) in [7, 11) is 3.67. The number of hydrogen-bond acceptors (Lipinski definition) is 6. The van der Waals surface area contributed by atoms with Crippen molar-refractivity contribution < 1.29 is 8.76 Å². The van der Waals surface area contributed by atoms with Crippen LogP contribution in [0.1, 0.15) is 0 Å². The van der Waals surface area contributed by atoms with Gasteiger partial charge >= 0.3 is 0 Å². The van der Waals surface area contributed by atoms with Crippen LogP contribution in [0.4, 0.5) is 23.1 Å². The van der Waals surface area contributed by atoms with E-state index in [0.29, 0.717) is 27.6 Å². The maximum absolute atomic E-state index is 10.8. The molecule has 0 amide bonds. The van der Waals surface area contributed by atoms with Crippen LogP contribution in [-0.2, 0) is 11.3 Å². The van der Waals surface area contributed by atoms with Gasteiger partial charge in [0.25, 0.3) is 0 Å². The summed E-state index contributed by atoms with van der Waals surface area (Å²) in [6.07, 6.45) is 1.63. The zero-order valence-electron chi connectivity index (χ0n) is 11.3. The van der Waals surface area contributed by atoms with Crippen molar-refractivity contribution in [2.75, 3.05) is 29.0 Å². The van der Waals surface area contributed by atoms with Crippen molar-refractivity contribution in [2.24, 2.45) is 0 Å². The summed E-state index contributed by atoms with van der Waals surface area (Å²) in [5.74, 6) is 1.08. The van der Waals surface area contributed by atoms with Gasteiger partial charge in [0, 0.05) is 31.6 Å². The molecular weight excluding hydrogens is 358 g/mol. The molecule has 1 atom stereocenters. The summed E-state index contributed by atoms with van der Waals surface area (Å²) in [5.41, 5.74) is 1.02. The van der Waals surface area contributed by atoms with Gasteiger partial charge in [0.2, 0.25) is 5.95 Å². The van der Waals surface area contributed by atoms with Crippen LogP contribution in [0, 0.1) is 0 Å². The van der Waals surface area contributed by atoms with Crippen LogP contribution in [0.5, 0.6) is 0 Å². The maximum Gasteiger partial charge on any atom is 0.226 e. The Kier molecular flexibility index (Phi) is 5.10. The summed E-state index contributed by atoms with van der Waals surface area (Å²) >= 11 is 0.970. The SMILES string of the molecule is CN(C)c1ncc(Br)c(Nc2ccccc2NS(=O)[O-])n1. The van der Waals surface area contributed by atoms with E-state index in [2.05, 4.69) is 35.9 Å². The maximum atomic E-state index is 10.8. The lowest BCUT2D eigenvalue weighted by atomic mass is 10.2. The van der Waals surface area contributed by atoms with Gasteiger partial charge in [0.15, 0.2) is 0 Å². The summed E-state index contributed by atoms with van der Waals surface area (Å²) in [6.45, 7) is 0. The smallest absolute Gasteiger partial charge is 0.226 e. The summed E-state index contributed by atoms with van der Waals surface area (Å²) in [5, 5.41) is 3.08. The molecule has 0 bridgehead atoms. The van der Waals surface area contributed by atoms with E-state index in [1.54, 1.807) is 35.4 Å². The highest BCUT2D eigenvalue weighted by Gasteiger charge is 2.09. The minimum absolute atomic E-state index is 0.433. The lowest BCUT2D eigenvalue weighted by molar-refractivity contribution is 0.542. The highest BCUT2D eigenvalue weighted by Crippen LogP contribution is 2.29. The van der Waals surface area contributed by atoms with Gasteiger partial charge in [-0.05, 0) is 28.1 Å². The Hall–Kier alpha value is -1.71. The first-order valence-electron chi connectivity index (χ1n) is 5.89. The number of aromatic nitrogens is 2. The molecular formula is C12H13BrN5O2S-. The molecule has 0 fully saturated rings. The summed E-state index contributed by atoms with van der Waals surface area (Å²) in [4.78, 5) is 10.3. The first kappa shape index (κ1) is 15.7. The Bertz CT molecular complexity index is 668. The Balaban J connectivity index is 2.34. The number of rotatable bonds is 5. The van der Waals surface area contributed by atoms with Crippen LogP contribution in [0.3, 0.4) is 0 Å². The average molecular weight is 371 g/mol. The molecule has 21 heavy (non-hydrogen) atoms. The van der Waals surface area contributed by atoms with Crippen LogP contribution < -0.4 is 14.9 Å². The Morgan fingerprint density at radius 3 is 2.57 bits per heavy atom. The van der Waals surface area contributed by atoms with Gasteiger partial charge in [-0.2, -0.15) is 4.98 Å². The predicted octanol–water partition coefficient (Wildman–Crippen LogP) is 2.25. The molecule has 1 heterocycles. The summed E-state index contributed by atoms with van der Waals surface area (Å²) < 4.78 is 24.6. The minimum atomic E-state index is -2.39. The Morgan fingerprint density at radius 1 is 1.29 bits per heavy atom. The molecule has 7 nitrogen and oxygen atoms in total. The molecule has 2 N–H and O–H groups in total. The van der Waals surface area contributed by atoms with Gasteiger partial charge in [0.05, 0.1) is 15.8 Å². The largest absolute Gasteiger partial charge is 0.755 e. The lowest BCUT2D eigenvalue weighted by Gasteiger charge is -2.16. The van der Waals surface area contributed by atoms with Crippen LogP contribution in [-0.4, -0.2) is 32.8 Å². The van der Waals surface area contributed by atoms with Crippen molar-refractivity contribution in [3.05, 3.63) is 34.9 Å². The zero-order chi connectivity index (χ0) is 15.4. The monoisotopic (exact) mass is 370 g/mol. The van der Waals surface area contributed by atoms with Crippen molar-refractivity contribution in [3.8, 4) is 0 Å². The number of para-hydroxylation sites is 2. The van der Waals surface area contributed by atoms with Crippen molar-refractivity contribution in [1.29, 1.82) is 0 Å². The molecule has 2 aromatic rings. The van der Waals surface area contributed by atoms with Gasteiger partial charge in [-0.25, -0.2) is 4.98 Å². The minimum Gasteiger partial charge on any atom is -0.755 e. The van der Waals surface area contributed by atoms with E-state index in [1.807, 2.05) is 14.1 Å². The topological polar surface area (TPSA) is 93.2 Å². The van der Waals surface area contributed by atoms with E-state index in [9.17, 15) is 8.76 Å². The van der Waals surface area contributed by atoms with Crippen LogP contribution >= 0.6 is 15.9 Å². The number of hydrogen-bond donors (Lipinski definition) is 2. The standard InChI is InChI=1S/C12H14BrN5O2S/c1-18(2)12-14-7-8(13)11(16-12)15-9-5-3-4-6-10(9)17-21(19)20/h3-7,17H,1-2H3,(H,19,20)(H,14,15,16)/p-1. The van der Waals surface area contributed by atoms with Gasteiger partial charge < -0.3 is 19.5 Å². The third-order valence-electron chi connectivity index (χ3n) is 2.50. The molecule has 1 aromatic carbocycles. The fourth-order valence-electron chi connectivity index (χ4n) is 1.56. The second-order valence-corrected chi connectivity index (χ2v) is 5.80. The normalized spacial score (nSPS) is 11.8. The lowest BCUT2D eigenvalue weighted by Crippen LogP contribution is -2.13. The van der Waals surface area contributed by atoms with Crippen molar-refractivity contribution in [2.45, 2.75) is 0 Å². The highest BCUT2D eigenvalue weighted by atomic mass is 79.9. The van der Waals surface area contributed by atoms with Crippen LogP contribution in [0.2, 0.25) is 0 Å². The van der Waals surface area contributed by atoms with E-state index < -0.39 is 11.3 Å². The molecule has 0 aliphatic heterocycles. The fraction of sp³-hybridized carbons (Fsp3) is 0.167. The quantitative estimate of drug-likeness (QED) is 0.784. The molecule has 2 rings (SSSR count). The van der Waals surface area contributed by atoms with E-state index in [-0.39, 0.29) is 0 Å². The molecule has 0 aliphatic carbocycles. The molecule has 0 aliphatic rings. The van der Waals surface area contributed by atoms with Crippen molar-refractivity contribution in [1.82, 2.24) is 9.97 Å². The number of nitrogens with one attached hydrogen (secondary N) is 2. The second-order valence-electron chi connectivity index (χ2n) is 4.27. The molecule has 0 radical (unpaired) electrons. The van der Waals surface area contributed by atoms with E-state index in [1.165, 1.54) is 0 Å². The van der Waals surface area contributed by atoms with Crippen molar-refractivity contribution in [3.63, 3.8) is 0 Å². The van der Waals surface area contributed by atoms with Gasteiger partial charge in [-0.1, -0.05) is 12.1 Å². The average Bonchev–Trinajstić information content (AvgIpc) is 2.42. The van der Waals surface area contributed by atoms with Crippen molar-refractivity contribution >= 4 is 50.3 Å². The molecule has 0 saturated heterocycles. The molecule has 9 heteroatoms.